The molecule has 4 rings (SSSR count). The van der Waals surface area contributed by atoms with Crippen molar-refractivity contribution in [3.63, 3.8) is 0 Å². The number of nitrogens with one attached hydrogen (secondary N) is 3. The quantitative estimate of drug-likeness (QED) is 0.0814. The maximum absolute atomic E-state index is 13.4. The molecule has 14 nitrogen and oxygen atoms in total. The zero-order chi connectivity index (χ0) is 32.7. The molecule has 2 unspecified atom stereocenters. The number of hydrogen-bond acceptors (Lipinski definition) is 9. The van der Waals surface area contributed by atoms with Gasteiger partial charge in [-0.05, 0) is 69.4 Å². The Bertz CT molecular complexity index is 1770. The largest absolute Gasteiger partial charge is 0.423 e. The van der Waals surface area contributed by atoms with Crippen LogP contribution >= 0.6 is 0 Å². The van der Waals surface area contributed by atoms with Crippen molar-refractivity contribution >= 4 is 50.4 Å². The number of carbonyl (C=O) groups excluding carboxylic acids is 3. The minimum Gasteiger partial charge on any atom is -0.423 e. The number of nitrogens with zero attached hydrogens (tertiary/aromatic N) is 2. The smallest absolute Gasteiger partial charge is 0.336 e. The molecule has 7 N–H and O–H groups in total. The predicted octanol–water partition coefficient (Wildman–Crippen LogP) is 0.856. The number of aryl methyl sites for hydroxylation is 2. The van der Waals surface area contributed by atoms with Crippen LogP contribution in [-0.2, 0) is 24.4 Å². The minimum atomic E-state index is -3.94. The van der Waals surface area contributed by atoms with E-state index in [9.17, 15) is 27.6 Å². The Morgan fingerprint density at radius 2 is 1.82 bits per heavy atom. The number of benzene rings is 2. The van der Waals surface area contributed by atoms with E-state index in [2.05, 4.69) is 20.3 Å². The molecule has 0 saturated carbocycles. The Hall–Kier alpha value is -4.76. The van der Waals surface area contributed by atoms with Crippen LogP contribution in [0, 0.1) is 13.8 Å². The average Bonchev–Trinajstić information content (AvgIpc) is 3.48. The van der Waals surface area contributed by atoms with Gasteiger partial charge < -0.3 is 26.1 Å². The molecule has 1 aromatic heterocycles. The van der Waals surface area contributed by atoms with Gasteiger partial charge in [0, 0.05) is 36.3 Å². The minimum absolute atomic E-state index is 0.0179. The average molecular weight is 640 g/mol. The molecule has 15 heteroatoms. The van der Waals surface area contributed by atoms with Crippen molar-refractivity contribution in [1.82, 2.24) is 14.9 Å². The fraction of sp³-hybridized carbons (Fsp3) is 0.367. The van der Waals surface area contributed by atoms with Crippen molar-refractivity contribution in [2.45, 2.75) is 56.5 Å². The van der Waals surface area contributed by atoms with Gasteiger partial charge in [0.25, 0.3) is 0 Å². The van der Waals surface area contributed by atoms with Gasteiger partial charge >= 0.3 is 5.63 Å². The van der Waals surface area contributed by atoms with Crippen LogP contribution in [0.2, 0.25) is 0 Å². The molecule has 1 saturated heterocycles. The number of hydrogen-bond donors (Lipinski definition) is 5. The SMILES string of the molecule is Cc1ccc(S(=O)(=O)NCC(=O)N2CCCC2C(=O)NC(=O)C(CCCN=C(N)N)Nc2ccc3c(C)cc(=O)oc3c2)cc1. The van der Waals surface area contributed by atoms with Crippen molar-refractivity contribution in [3.05, 3.63) is 70.1 Å². The highest BCUT2D eigenvalue weighted by Gasteiger charge is 2.36. The van der Waals surface area contributed by atoms with Crippen molar-refractivity contribution < 1.29 is 27.2 Å². The monoisotopic (exact) mass is 639 g/mol. The van der Waals surface area contributed by atoms with Gasteiger partial charge in [0.05, 0.1) is 11.4 Å². The first-order valence-corrected chi connectivity index (χ1v) is 15.9. The third-order valence-corrected chi connectivity index (χ3v) is 8.84. The molecular formula is C30H37N7O7S. The Labute approximate surface area is 260 Å². The molecule has 1 fully saturated rings. The van der Waals surface area contributed by atoms with E-state index < -0.39 is 52.0 Å². The molecule has 45 heavy (non-hydrogen) atoms. The Morgan fingerprint density at radius 1 is 1.09 bits per heavy atom. The third-order valence-electron chi connectivity index (χ3n) is 7.42. The molecule has 0 spiro atoms. The van der Waals surface area contributed by atoms with Crippen molar-refractivity contribution in [3.8, 4) is 0 Å². The van der Waals surface area contributed by atoms with Crippen LogP contribution in [0.1, 0.15) is 36.8 Å². The molecule has 3 amide bonds. The summed E-state index contributed by atoms with van der Waals surface area (Å²) in [6.07, 6.45) is 1.44. The number of guanidine groups is 1. The van der Waals surface area contributed by atoms with Gasteiger partial charge in [-0.1, -0.05) is 17.7 Å². The zero-order valence-electron chi connectivity index (χ0n) is 25.0. The molecule has 0 radical (unpaired) electrons. The van der Waals surface area contributed by atoms with Crippen LogP contribution in [0.5, 0.6) is 0 Å². The first kappa shape index (κ1) is 33.1. The van der Waals surface area contributed by atoms with Crippen LogP contribution in [0.3, 0.4) is 0 Å². The molecule has 3 aromatic rings. The number of amides is 3. The standard InChI is InChI=1S/C30H37N7O7S/c1-18-7-10-21(11-8-18)45(42,43)34-17-26(38)37-14-4-6-24(37)29(41)36-28(40)23(5-3-13-33-30(31)32)35-20-9-12-22-19(2)15-27(39)44-25(22)16-20/h7-12,15-16,23-24,34-35H,3-6,13-14,17H2,1-2H3,(H4,31,32,33)(H,36,40,41). The van der Waals surface area contributed by atoms with Crippen LogP contribution in [-0.4, -0.2) is 68.7 Å². The summed E-state index contributed by atoms with van der Waals surface area (Å²) in [5, 5.41) is 6.23. The molecule has 240 valence electrons. The highest BCUT2D eigenvalue weighted by molar-refractivity contribution is 7.89. The van der Waals surface area contributed by atoms with E-state index in [1.807, 2.05) is 6.92 Å². The van der Waals surface area contributed by atoms with E-state index in [1.54, 1.807) is 37.3 Å². The summed E-state index contributed by atoms with van der Waals surface area (Å²) >= 11 is 0. The molecular weight excluding hydrogens is 602 g/mol. The number of aliphatic imine (C=N–C) groups is 1. The fourth-order valence-electron chi connectivity index (χ4n) is 5.08. The summed E-state index contributed by atoms with van der Waals surface area (Å²) in [6, 6.07) is 10.8. The number of nitrogens with two attached hydrogens (primary N) is 2. The number of likely N-dealkylation sites (tertiary alicyclic amines) is 1. The first-order chi connectivity index (χ1) is 21.3. The molecule has 1 aliphatic heterocycles. The second kappa shape index (κ2) is 14.3. The molecule has 0 bridgehead atoms. The maximum Gasteiger partial charge on any atom is 0.336 e. The summed E-state index contributed by atoms with van der Waals surface area (Å²) in [5.74, 6) is -2.00. The molecule has 2 atom stereocenters. The lowest BCUT2D eigenvalue weighted by atomic mass is 10.1. The number of imide groups is 1. The Kier molecular flexibility index (Phi) is 10.6. The van der Waals surface area contributed by atoms with Gasteiger partial charge in [-0.3, -0.25) is 24.7 Å². The fourth-order valence-corrected chi connectivity index (χ4v) is 6.05. The highest BCUT2D eigenvalue weighted by Crippen LogP contribution is 2.22. The summed E-state index contributed by atoms with van der Waals surface area (Å²) in [6.45, 7) is 3.55. The normalized spacial score (nSPS) is 15.4. The molecule has 0 aliphatic carbocycles. The second-order valence-corrected chi connectivity index (χ2v) is 12.6. The van der Waals surface area contributed by atoms with Crippen LogP contribution in [0.25, 0.3) is 11.0 Å². The summed E-state index contributed by atoms with van der Waals surface area (Å²) in [7, 11) is -3.94. The Balaban J connectivity index is 1.43. The topological polar surface area (TPSA) is 219 Å². The first-order valence-electron chi connectivity index (χ1n) is 14.4. The second-order valence-electron chi connectivity index (χ2n) is 10.8. The van der Waals surface area contributed by atoms with E-state index in [0.717, 1.165) is 16.5 Å². The van der Waals surface area contributed by atoms with Gasteiger partial charge in [0.2, 0.25) is 27.7 Å². The van der Waals surface area contributed by atoms with Crippen LogP contribution < -0.4 is 32.4 Å². The van der Waals surface area contributed by atoms with E-state index in [-0.39, 0.29) is 30.4 Å². The zero-order valence-corrected chi connectivity index (χ0v) is 25.9. The van der Waals surface area contributed by atoms with Gasteiger partial charge in [0.1, 0.15) is 17.7 Å². The van der Waals surface area contributed by atoms with Gasteiger partial charge in [-0.2, -0.15) is 0 Å². The van der Waals surface area contributed by atoms with Gasteiger partial charge in [-0.25, -0.2) is 17.9 Å². The van der Waals surface area contributed by atoms with E-state index in [4.69, 9.17) is 15.9 Å². The lowest BCUT2D eigenvalue weighted by molar-refractivity contribution is -0.140. The summed E-state index contributed by atoms with van der Waals surface area (Å²) in [5.41, 5.74) is 12.7. The van der Waals surface area contributed by atoms with E-state index in [0.29, 0.717) is 30.5 Å². The molecule has 1 aliphatic rings. The van der Waals surface area contributed by atoms with Gasteiger partial charge in [-0.15, -0.1) is 0 Å². The lowest BCUT2D eigenvalue weighted by Gasteiger charge is -2.25. The number of sulfonamides is 1. The van der Waals surface area contributed by atoms with Crippen molar-refractivity contribution in [2.75, 3.05) is 25.0 Å². The predicted molar refractivity (Wildman–Crippen MR) is 169 cm³/mol. The molecule has 2 aromatic carbocycles. The Morgan fingerprint density at radius 3 is 2.53 bits per heavy atom. The molecule has 2 heterocycles. The van der Waals surface area contributed by atoms with Crippen molar-refractivity contribution in [2.24, 2.45) is 16.5 Å². The van der Waals surface area contributed by atoms with E-state index in [1.165, 1.54) is 23.1 Å². The summed E-state index contributed by atoms with van der Waals surface area (Å²) < 4.78 is 32.9. The van der Waals surface area contributed by atoms with E-state index >= 15 is 0 Å². The van der Waals surface area contributed by atoms with Crippen molar-refractivity contribution in [1.29, 1.82) is 0 Å². The third kappa shape index (κ3) is 8.67. The number of anilines is 1. The summed E-state index contributed by atoms with van der Waals surface area (Å²) in [4.78, 5) is 56.7. The van der Waals surface area contributed by atoms with Gasteiger partial charge in [0.15, 0.2) is 5.96 Å². The number of fused-ring (bicyclic) bond motifs is 1. The van der Waals surface area contributed by atoms with Crippen LogP contribution in [0.4, 0.5) is 5.69 Å². The lowest BCUT2D eigenvalue weighted by Crippen LogP contribution is -2.52. The maximum atomic E-state index is 13.4. The number of rotatable bonds is 12. The number of carbonyl (C=O) groups is 3. The van der Waals surface area contributed by atoms with Crippen LogP contribution in [0.15, 0.2) is 67.6 Å². The highest BCUT2D eigenvalue weighted by atomic mass is 32.2.